The lowest BCUT2D eigenvalue weighted by atomic mass is 10.0. The smallest absolute Gasteiger partial charge is 0.340 e. The monoisotopic (exact) mass is 678 g/mol. The van der Waals surface area contributed by atoms with Gasteiger partial charge in [-0.3, -0.25) is 29.1 Å². The van der Waals surface area contributed by atoms with Gasteiger partial charge in [-0.05, 0) is 65.7 Å². The van der Waals surface area contributed by atoms with Crippen molar-refractivity contribution in [2.24, 2.45) is 0 Å². The number of benzene rings is 1. The lowest BCUT2D eigenvalue weighted by molar-refractivity contribution is -0.157. The Morgan fingerprint density at radius 1 is 0.809 bits per heavy atom. The first-order chi connectivity index (χ1) is 21.7. The Labute approximate surface area is 274 Å². The summed E-state index contributed by atoms with van der Waals surface area (Å²) in [6.07, 6.45) is -3.84. The lowest BCUT2D eigenvalue weighted by Crippen LogP contribution is -2.52. The molecule has 15 heteroatoms. The number of carbonyl (C=O) groups is 3. The van der Waals surface area contributed by atoms with Crippen LogP contribution in [0.2, 0.25) is 0 Å². The molecule has 0 bridgehead atoms. The highest BCUT2D eigenvalue weighted by Crippen LogP contribution is 2.25. The first-order valence-corrected chi connectivity index (χ1v) is 15.7. The van der Waals surface area contributed by atoms with Crippen LogP contribution in [0.15, 0.2) is 24.3 Å². The second-order valence-corrected chi connectivity index (χ2v) is 13.6. The molecule has 0 radical (unpaired) electrons. The molecule has 0 amide bonds. The second kappa shape index (κ2) is 17.9. The third-order valence-electron chi connectivity index (χ3n) is 6.99. The van der Waals surface area contributed by atoms with E-state index in [0.717, 1.165) is 0 Å². The number of carbonyl (C=O) groups excluding carboxylic acids is 2. The molecule has 1 unspecified atom stereocenters. The van der Waals surface area contributed by atoms with E-state index in [1.54, 1.807) is 46.4 Å². The van der Waals surface area contributed by atoms with Crippen molar-refractivity contribution in [3.05, 3.63) is 29.8 Å². The molecule has 0 saturated carbocycles. The maximum Gasteiger partial charge on any atom is 0.340 e. The largest absolute Gasteiger partial charge is 0.487 e. The highest BCUT2D eigenvalue weighted by molar-refractivity contribution is 5.74. The average molecular weight is 679 g/mol. The summed E-state index contributed by atoms with van der Waals surface area (Å²) in [5.41, 5.74) is -0.772. The first-order valence-electron chi connectivity index (χ1n) is 15.7. The van der Waals surface area contributed by atoms with E-state index in [0.29, 0.717) is 44.8 Å². The molecular weight excluding hydrogens is 628 g/mol. The predicted octanol–water partition coefficient (Wildman–Crippen LogP) is 3.15. The number of esters is 2. The zero-order chi connectivity index (χ0) is 35.4. The summed E-state index contributed by atoms with van der Waals surface area (Å²) in [6.45, 7) is 12.5. The lowest BCUT2D eigenvalue weighted by Gasteiger charge is -2.34. The molecule has 1 saturated heterocycles. The Morgan fingerprint density at radius 2 is 1.28 bits per heavy atom. The van der Waals surface area contributed by atoms with Crippen molar-refractivity contribution >= 4 is 17.9 Å². The summed E-state index contributed by atoms with van der Waals surface area (Å²) in [5.74, 6) is -6.27. The molecule has 1 aliphatic heterocycles. The highest BCUT2D eigenvalue weighted by atomic mass is 19.3. The summed E-state index contributed by atoms with van der Waals surface area (Å²) in [5, 5.41) is 13.7. The van der Waals surface area contributed by atoms with Crippen LogP contribution in [0.1, 0.15) is 47.1 Å². The minimum atomic E-state index is -4.31. The first kappa shape index (κ1) is 40.2. The van der Waals surface area contributed by atoms with Gasteiger partial charge in [0.05, 0.1) is 13.1 Å². The summed E-state index contributed by atoms with van der Waals surface area (Å²) in [4.78, 5) is 43.5. The van der Waals surface area contributed by atoms with E-state index < -0.39 is 54.1 Å². The number of alkyl halides is 4. The van der Waals surface area contributed by atoms with Crippen LogP contribution in [0.4, 0.5) is 17.6 Å². The van der Waals surface area contributed by atoms with Gasteiger partial charge in [0.1, 0.15) is 23.0 Å². The third-order valence-corrected chi connectivity index (χ3v) is 6.99. The number of hydrogen-bond acceptors (Lipinski definition) is 10. The number of nitrogens with one attached hydrogen (secondary N) is 1. The Kier molecular flexibility index (Phi) is 15.3. The van der Waals surface area contributed by atoms with E-state index in [2.05, 4.69) is 5.32 Å². The summed E-state index contributed by atoms with van der Waals surface area (Å²) in [6, 6.07) is 4.61. The molecule has 2 N–H and O–H groups in total. The molecular formula is C32H50F4N4O7. The van der Waals surface area contributed by atoms with E-state index in [1.165, 1.54) is 24.3 Å². The van der Waals surface area contributed by atoms with Gasteiger partial charge in [-0.15, -0.1) is 0 Å². The number of hydrogen-bond donors (Lipinski definition) is 2. The fourth-order valence-corrected chi connectivity index (χ4v) is 4.78. The van der Waals surface area contributed by atoms with Gasteiger partial charge >= 0.3 is 30.3 Å². The molecule has 47 heavy (non-hydrogen) atoms. The molecule has 1 atom stereocenters. The van der Waals surface area contributed by atoms with E-state index in [1.807, 2.05) is 9.80 Å². The van der Waals surface area contributed by atoms with Crippen molar-refractivity contribution in [3.8, 4) is 5.75 Å². The maximum absolute atomic E-state index is 13.3. The molecule has 1 aromatic carbocycles. The minimum absolute atomic E-state index is 0.0152. The van der Waals surface area contributed by atoms with Crippen LogP contribution < -0.4 is 10.1 Å². The maximum atomic E-state index is 13.3. The molecule has 0 spiro atoms. The Balaban J connectivity index is 2.25. The van der Waals surface area contributed by atoms with Crippen molar-refractivity contribution in [3.63, 3.8) is 0 Å². The van der Waals surface area contributed by atoms with Gasteiger partial charge < -0.3 is 24.6 Å². The van der Waals surface area contributed by atoms with E-state index in [4.69, 9.17) is 14.2 Å². The van der Waals surface area contributed by atoms with Crippen molar-refractivity contribution < 1.29 is 51.3 Å². The van der Waals surface area contributed by atoms with Crippen LogP contribution in [-0.2, 0) is 30.3 Å². The average Bonchev–Trinajstić information content (AvgIpc) is 2.92. The van der Waals surface area contributed by atoms with Crippen molar-refractivity contribution in [2.75, 3.05) is 72.1 Å². The van der Waals surface area contributed by atoms with Crippen molar-refractivity contribution in [1.29, 1.82) is 0 Å². The third kappa shape index (κ3) is 16.1. The molecule has 11 nitrogen and oxygen atoms in total. The molecule has 1 aromatic rings. The molecule has 2 rings (SSSR count). The van der Waals surface area contributed by atoms with Crippen molar-refractivity contribution in [2.45, 2.75) is 77.6 Å². The van der Waals surface area contributed by atoms with Crippen LogP contribution in [0.5, 0.6) is 5.75 Å². The minimum Gasteiger partial charge on any atom is -0.487 e. The predicted molar refractivity (Wildman–Crippen MR) is 167 cm³/mol. The fraction of sp³-hybridized carbons (Fsp3) is 0.719. The van der Waals surface area contributed by atoms with Gasteiger partial charge in [0.15, 0.2) is 6.61 Å². The number of carboxylic acids is 1. The summed E-state index contributed by atoms with van der Waals surface area (Å²) in [7, 11) is 0. The standard InChI is InChI=1S/C32H50F4N4O7/c1-30(2,3)46-26(41)20-38-13-11-37-12-14-39(21-27(42)47-31(4,5)6)16-18-40(17-15-38)25(28(43)44)19-23-7-9-24(10-8-23)45-22-32(35,36)29(33)34/h7-10,25,29,37H,11-22H2,1-6H3,(H,43,44). The van der Waals surface area contributed by atoms with E-state index in [-0.39, 0.29) is 38.3 Å². The van der Waals surface area contributed by atoms with Crippen LogP contribution in [0.3, 0.4) is 0 Å². The van der Waals surface area contributed by atoms with Gasteiger partial charge in [-0.1, -0.05) is 12.1 Å². The van der Waals surface area contributed by atoms with Crippen LogP contribution in [-0.4, -0.2) is 139 Å². The highest BCUT2D eigenvalue weighted by Gasteiger charge is 2.41. The zero-order valence-corrected chi connectivity index (χ0v) is 28.2. The quantitative estimate of drug-likeness (QED) is 0.251. The normalized spacial score (nSPS) is 17.8. The number of nitrogens with zero attached hydrogens (tertiary/aromatic N) is 3. The molecule has 1 fully saturated rings. The van der Waals surface area contributed by atoms with Crippen LogP contribution in [0.25, 0.3) is 0 Å². The van der Waals surface area contributed by atoms with Gasteiger partial charge in [-0.2, -0.15) is 8.78 Å². The van der Waals surface area contributed by atoms with Gasteiger partial charge in [0, 0.05) is 52.4 Å². The fourth-order valence-electron chi connectivity index (χ4n) is 4.78. The number of ether oxygens (including phenoxy) is 3. The SMILES string of the molecule is CC(C)(C)OC(=O)CN1CCNCCN(CC(=O)OC(C)(C)C)CCN(C(Cc2ccc(OCC(F)(F)C(F)F)cc2)C(=O)O)CC1. The zero-order valence-electron chi connectivity index (χ0n) is 28.2. The van der Waals surface area contributed by atoms with Gasteiger partial charge in [0.2, 0.25) is 0 Å². The van der Waals surface area contributed by atoms with E-state index >= 15 is 0 Å². The Bertz CT molecular complexity index is 1100. The Morgan fingerprint density at radius 3 is 1.68 bits per heavy atom. The molecule has 268 valence electrons. The number of carboxylic acid groups (broad SMARTS) is 1. The summed E-state index contributed by atoms with van der Waals surface area (Å²) >= 11 is 0. The number of halogens is 4. The summed E-state index contributed by atoms with van der Waals surface area (Å²) < 4.78 is 67.3. The number of aliphatic carboxylic acids is 1. The molecule has 1 aliphatic rings. The number of rotatable bonds is 12. The Hall–Kier alpha value is -3.01. The van der Waals surface area contributed by atoms with E-state index in [9.17, 15) is 37.1 Å². The van der Waals surface area contributed by atoms with Gasteiger partial charge in [-0.25, -0.2) is 8.78 Å². The van der Waals surface area contributed by atoms with Crippen molar-refractivity contribution in [1.82, 2.24) is 20.0 Å². The van der Waals surface area contributed by atoms with Crippen LogP contribution in [0, 0.1) is 0 Å². The van der Waals surface area contributed by atoms with Crippen LogP contribution >= 0.6 is 0 Å². The second-order valence-electron chi connectivity index (χ2n) is 13.6. The molecule has 0 aromatic heterocycles. The molecule has 0 aliphatic carbocycles. The van der Waals surface area contributed by atoms with Gasteiger partial charge in [0.25, 0.3) is 0 Å². The topological polar surface area (TPSA) is 121 Å². The molecule has 1 heterocycles.